The van der Waals surface area contributed by atoms with Gasteiger partial charge in [0.25, 0.3) is 5.91 Å². The number of rotatable bonds is 7. The first-order valence-electron chi connectivity index (χ1n) is 8.99. The first-order chi connectivity index (χ1) is 12.6. The van der Waals surface area contributed by atoms with Gasteiger partial charge in [0.05, 0.1) is 6.10 Å². The van der Waals surface area contributed by atoms with Crippen molar-refractivity contribution >= 4 is 11.6 Å². The molecule has 5 nitrogen and oxygen atoms in total. The van der Waals surface area contributed by atoms with Crippen molar-refractivity contribution in [2.75, 3.05) is 18.5 Å². The van der Waals surface area contributed by atoms with E-state index >= 15 is 0 Å². The lowest BCUT2D eigenvalue weighted by Crippen LogP contribution is -2.30. The number of ether oxygens (including phenoxy) is 3. The van der Waals surface area contributed by atoms with Gasteiger partial charge in [-0.25, -0.2) is 0 Å². The molecule has 2 aromatic rings. The van der Waals surface area contributed by atoms with Crippen molar-refractivity contribution in [1.29, 1.82) is 0 Å². The van der Waals surface area contributed by atoms with Gasteiger partial charge >= 0.3 is 0 Å². The largest absolute Gasteiger partial charge is 0.491 e. The van der Waals surface area contributed by atoms with Crippen LogP contribution in [0.5, 0.6) is 11.5 Å². The highest BCUT2D eigenvalue weighted by Crippen LogP contribution is 2.20. The van der Waals surface area contributed by atoms with E-state index in [-0.39, 0.29) is 12.0 Å². The lowest BCUT2D eigenvalue weighted by atomic mass is 10.2. The van der Waals surface area contributed by atoms with Crippen LogP contribution in [0.1, 0.15) is 25.3 Å². The molecule has 138 valence electrons. The standard InChI is InChI=1S/C21H25NO4/c1-15-8-10-18(11-9-15)26-16(2)21(23)22-17-5-3-6-19(13-17)25-14-20-7-4-12-24-20/h3,5-6,8-11,13,16,20H,4,7,12,14H2,1-2H3,(H,22,23)/t16-,20+/m1/s1. The van der Waals surface area contributed by atoms with Crippen molar-refractivity contribution in [1.82, 2.24) is 0 Å². The van der Waals surface area contributed by atoms with Crippen LogP contribution >= 0.6 is 0 Å². The molecular weight excluding hydrogens is 330 g/mol. The van der Waals surface area contributed by atoms with Gasteiger partial charge < -0.3 is 19.5 Å². The maximum atomic E-state index is 12.4. The Morgan fingerprint density at radius 3 is 2.77 bits per heavy atom. The van der Waals surface area contributed by atoms with Crippen LogP contribution in [0.3, 0.4) is 0 Å². The van der Waals surface area contributed by atoms with Gasteiger partial charge in [-0.1, -0.05) is 23.8 Å². The average Bonchev–Trinajstić information content (AvgIpc) is 3.16. The maximum absolute atomic E-state index is 12.4. The molecule has 5 heteroatoms. The van der Waals surface area contributed by atoms with E-state index in [9.17, 15) is 4.79 Å². The van der Waals surface area contributed by atoms with E-state index in [0.717, 1.165) is 25.0 Å². The van der Waals surface area contributed by atoms with Crippen LogP contribution in [0.4, 0.5) is 5.69 Å². The Morgan fingerprint density at radius 2 is 2.04 bits per heavy atom. The third kappa shape index (κ3) is 5.23. The lowest BCUT2D eigenvalue weighted by Gasteiger charge is -2.16. The van der Waals surface area contributed by atoms with Gasteiger partial charge in [0.2, 0.25) is 0 Å². The van der Waals surface area contributed by atoms with Crippen molar-refractivity contribution < 1.29 is 19.0 Å². The summed E-state index contributed by atoms with van der Waals surface area (Å²) in [6.45, 7) is 5.08. The van der Waals surface area contributed by atoms with E-state index in [1.807, 2.05) is 55.5 Å². The predicted molar refractivity (Wildman–Crippen MR) is 101 cm³/mol. The normalized spacial score (nSPS) is 17.5. The van der Waals surface area contributed by atoms with Gasteiger partial charge in [-0.3, -0.25) is 4.79 Å². The minimum Gasteiger partial charge on any atom is -0.491 e. The molecule has 0 aliphatic carbocycles. The summed E-state index contributed by atoms with van der Waals surface area (Å²) in [6.07, 6.45) is 1.68. The summed E-state index contributed by atoms with van der Waals surface area (Å²) in [7, 11) is 0. The molecule has 0 saturated carbocycles. The highest BCUT2D eigenvalue weighted by Gasteiger charge is 2.17. The first-order valence-corrected chi connectivity index (χ1v) is 8.99. The molecule has 0 bridgehead atoms. The van der Waals surface area contributed by atoms with Gasteiger partial charge in [0, 0.05) is 18.4 Å². The van der Waals surface area contributed by atoms with Crippen molar-refractivity contribution in [3.63, 3.8) is 0 Å². The molecule has 2 aromatic carbocycles. The molecule has 1 aliphatic rings. The first kappa shape index (κ1) is 18.3. The zero-order valence-electron chi connectivity index (χ0n) is 15.2. The zero-order chi connectivity index (χ0) is 18.4. The smallest absolute Gasteiger partial charge is 0.265 e. The minimum atomic E-state index is -0.603. The van der Waals surface area contributed by atoms with Gasteiger partial charge in [0.15, 0.2) is 6.10 Å². The maximum Gasteiger partial charge on any atom is 0.265 e. The summed E-state index contributed by atoms with van der Waals surface area (Å²) in [4.78, 5) is 12.4. The predicted octanol–water partition coefficient (Wildman–Crippen LogP) is 3.96. The Hall–Kier alpha value is -2.53. The van der Waals surface area contributed by atoms with Crippen molar-refractivity contribution in [2.24, 2.45) is 0 Å². The van der Waals surface area contributed by atoms with Crippen LogP contribution < -0.4 is 14.8 Å². The number of carbonyl (C=O) groups is 1. The van der Waals surface area contributed by atoms with E-state index < -0.39 is 6.10 Å². The van der Waals surface area contributed by atoms with Crippen LogP contribution in [0.25, 0.3) is 0 Å². The number of carbonyl (C=O) groups excluding carboxylic acids is 1. The molecule has 0 unspecified atom stereocenters. The zero-order valence-corrected chi connectivity index (χ0v) is 15.2. The number of anilines is 1. The second kappa shape index (κ2) is 8.72. The summed E-state index contributed by atoms with van der Waals surface area (Å²) < 4.78 is 17.0. The monoisotopic (exact) mass is 355 g/mol. The Labute approximate surface area is 154 Å². The quantitative estimate of drug-likeness (QED) is 0.817. The number of hydrogen-bond acceptors (Lipinski definition) is 4. The minimum absolute atomic E-state index is 0.163. The molecule has 0 radical (unpaired) electrons. The number of hydrogen-bond donors (Lipinski definition) is 1. The number of nitrogens with one attached hydrogen (secondary N) is 1. The van der Waals surface area contributed by atoms with Crippen molar-refractivity contribution in [2.45, 2.75) is 38.9 Å². The van der Waals surface area contributed by atoms with Crippen molar-refractivity contribution in [3.8, 4) is 11.5 Å². The Morgan fingerprint density at radius 1 is 1.23 bits per heavy atom. The van der Waals surface area contributed by atoms with E-state index in [2.05, 4.69) is 5.32 Å². The van der Waals surface area contributed by atoms with E-state index in [4.69, 9.17) is 14.2 Å². The molecule has 1 fully saturated rings. The third-order valence-corrected chi connectivity index (χ3v) is 4.26. The SMILES string of the molecule is Cc1ccc(O[C@H](C)C(=O)Nc2cccc(OC[C@@H]3CCCO3)c2)cc1. The molecule has 1 aliphatic heterocycles. The molecule has 1 heterocycles. The highest BCUT2D eigenvalue weighted by molar-refractivity contribution is 5.94. The number of aryl methyl sites for hydroxylation is 1. The van der Waals surface area contributed by atoms with Crippen LogP contribution in [0.15, 0.2) is 48.5 Å². The Bertz CT molecular complexity index is 723. The lowest BCUT2D eigenvalue weighted by molar-refractivity contribution is -0.122. The van der Waals surface area contributed by atoms with E-state index in [1.54, 1.807) is 6.92 Å². The fraction of sp³-hybridized carbons (Fsp3) is 0.381. The molecule has 1 saturated heterocycles. The Kier molecular flexibility index (Phi) is 6.12. The summed E-state index contributed by atoms with van der Waals surface area (Å²) >= 11 is 0. The fourth-order valence-electron chi connectivity index (χ4n) is 2.75. The summed E-state index contributed by atoms with van der Waals surface area (Å²) in [5.41, 5.74) is 1.83. The molecule has 26 heavy (non-hydrogen) atoms. The molecule has 0 aromatic heterocycles. The summed E-state index contributed by atoms with van der Waals surface area (Å²) in [5.74, 6) is 1.18. The van der Waals surface area contributed by atoms with Crippen LogP contribution in [-0.2, 0) is 9.53 Å². The highest BCUT2D eigenvalue weighted by atomic mass is 16.5. The Balaban J connectivity index is 1.52. The van der Waals surface area contributed by atoms with Gasteiger partial charge in [0.1, 0.15) is 18.1 Å². The van der Waals surface area contributed by atoms with Gasteiger partial charge in [-0.05, 0) is 51.0 Å². The van der Waals surface area contributed by atoms with Crippen LogP contribution in [0.2, 0.25) is 0 Å². The van der Waals surface area contributed by atoms with Crippen molar-refractivity contribution in [3.05, 3.63) is 54.1 Å². The third-order valence-electron chi connectivity index (χ3n) is 4.26. The molecule has 3 rings (SSSR count). The second-order valence-electron chi connectivity index (χ2n) is 6.54. The molecular formula is C21H25NO4. The molecule has 0 spiro atoms. The topological polar surface area (TPSA) is 56.8 Å². The molecule has 1 N–H and O–H groups in total. The molecule has 2 atom stereocenters. The fourth-order valence-corrected chi connectivity index (χ4v) is 2.75. The molecule has 1 amide bonds. The van der Waals surface area contributed by atoms with E-state index in [0.29, 0.717) is 23.8 Å². The number of benzene rings is 2. The summed E-state index contributed by atoms with van der Waals surface area (Å²) in [5, 5.41) is 2.87. The number of amides is 1. The van der Waals surface area contributed by atoms with Crippen LogP contribution in [-0.4, -0.2) is 31.3 Å². The van der Waals surface area contributed by atoms with E-state index in [1.165, 1.54) is 0 Å². The second-order valence-corrected chi connectivity index (χ2v) is 6.54. The summed E-state index contributed by atoms with van der Waals surface area (Å²) in [6, 6.07) is 15.0. The van der Waals surface area contributed by atoms with Gasteiger partial charge in [-0.2, -0.15) is 0 Å². The van der Waals surface area contributed by atoms with Gasteiger partial charge in [-0.15, -0.1) is 0 Å². The van der Waals surface area contributed by atoms with Crippen LogP contribution in [0, 0.1) is 6.92 Å². The average molecular weight is 355 g/mol.